The first-order chi connectivity index (χ1) is 21.5. The molecule has 1 aliphatic heterocycles. The number of thioether (sulfide) groups is 1. The van der Waals surface area contributed by atoms with E-state index in [-0.39, 0.29) is 18.2 Å². The summed E-state index contributed by atoms with van der Waals surface area (Å²) in [7, 11) is 1.62. The summed E-state index contributed by atoms with van der Waals surface area (Å²) >= 11 is 1.47. The van der Waals surface area contributed by atoms with Crippen molar-refractivity contribution in [2.45, 2.75) is 32.3 Å². The molecule has 1 saturated heterocycles. The zero-order valence-electron chi connectivity index (χ0n) is 24.6. The van der Waals surface area contributed by atoms with Gasteiger partial charge in [-0.1, -0.05) is 49.9 Å². The van der Waals surface area contributed by atoms with Crippen LogP contribution in [0.3, 0.4) is 0 Å². The summed E-state index contributed by atoms with van der Waals surface area (Å²) in [5.74, 6) is 1.74. The molecule has 9 nitrogen and oxygen atoms in total. The SMILES string of the molecule is COc1ccc(N2CCSC2=NC(=O)NCC(F)c2ccc(-c3ncn(-c4ccc(OC(F)(F)F)cc4)n3)cc2)c(C(C)C)c1. The average molecular weight is 643 g/mol. The lowest BCUT2D eigenvalue weighted by Crippen LogP contribution is -2.29. The predicted octanol–water partition coefficient (Wildman–Crippen LogP) is 7.29. The van der Waals surface area contributed by atoms with Crippen LogP contribution in [-0.4, -0.2) is 58.3 Å². The maximum absolute atomic E-state index is 15.1. The Morgan fingerprint density at radius 2 is 1.78 bits per heavy atom. The number of nitrogens with one attached hydrogen (secondary N) is 1. The molecule has 0 saturated carbocycles. The number of aliphatic imine (C=N–C) groups is 1. The second kappa shape index (κ2) is 13.6. The van der Waals surface area contributed by atoms with E-state index in [1.165, 1.54) is 47.0 Å². The number of carbonyl (C=O) groups excluding carboxylic acids is 1. The summed E-state index contributed by atoms with van der Waals surface area (Å²) in [5, 5.41) is 7.47. The van der Waals surface area contributed by atoms with Gasteiger partial charge in [0.25, 0.3) is 0 Å². The Labute approximate surface area is 261 Å². The van der Waals surface area contributed by atoms with Gasteiger partial charge in [-0.25, -0.2) is 18.9 Å². The number of anilines is 1. The molecular formula is C31H30F4N6O3S. The van der Waals surface area contributed by atoms with Crippen molar-refractivity contribution < 1.29 is 31.8 Å². The minimum atomic E-state index is -4.78. The summed E-state index contributed by atoms with van der Waals surface area (Å²) < 4.78 is 62.9. The second-order valence-corrected chi connectivity index (χ2v) is 11.4. The molecule has 0 aliphatic carbocycles. The normalized spacial score (nSPS) is 15.0. The fourth-order valence-electron chi connectivity index (χ4n) is 4.67. The number of amides is 2. The highest BCUT2D eigenvalue weighted by atomic mass is 32.2. The Kier molecular flexibility index (Phi) is 9.61. The molecular weight excluding hydrogens is 612 g/mol. The summed E-state index contributed by atoms with van der Waals surface area (Å²) in [6, 6.07) is 16.8. The van der Waals surface area contributed by atoms with Gasteiger partial charge in [-0.3, -0.25) is 0 Å². The highest BCUT2D eigenvalue weighted by Crippen LogP contribution is 2.35. The molecule has 0 bridgehead atoms. The number of halogens is 4. The number of nitrogens with zero attached hydrogens (tertiary/aromatic N) is 5. The summed E-state index contributed by atoms with van der Waals surface area (Å²) in [6.07, 6.45) is -4.84. The fourth-order valence-corrected chi connectivity index (χ4v) is 5.62. The smallest absolute Gasteiger partial charge is 0.497 e. The van der Waals surface area contributed by atoms with Crippen molar-refractivity contribution in [1.29, 1.82) is 0 Å². The molecule has 2 heterocycles. The molecule has 236 valence electrons. The van der Waals surface area contributed by atoms with E-state index in [9.17, 15) is 18.0 Å². The molecule has 3 aromatic carbocycles. The summed E-state index contributed by atoms with van der Waals surface area (Å²) in [5.41, 5.74) is 3.47. The van der Waals surface area contributed by atoms with Crippen molar-refractivity contribution in [1.82, 2.24) is 20.1 Å². The Balaban J connectivity index is 1.19. The topological polar surface area (TPSA) is 93.9 Å². The fraction of sp³-hybridized carbons (Fsp3) is 0.290. The van der Waals surface area contributed by atoms with Crippen molar-refractivity contribution in [2.75, 3.05) is 30.9 Å². The van der Waals surface area contributed by atoms with Gasteiger partial charge in [0.1, 0.15) is 24.0 Å². The first kappa shape index (κ1) is 31.8. The molecule has 1 unspecified atom stereocenters. The van der Waals surface area contributed by atoms with Crippen LogP contribution in [0.4, 0.5) is 28.0 Å². The summed E-state index contributed by atoms with van der Waals surface area (Å²) in [4.78, 5) is 23.1. The van der Waals surface area contributed by atoms with Crippen molar-refractivity contribution in [2.24, 2.45) is 4.99 Å². The Morgan fingerprint density at radius 1 is 1.07 bits per heavy atom. The van der Waals surface area contributed by atoms with E-state index in [1.807, 2.05) is 23.1 Å². The largest absolute Gasteiger partial charge is 0.573 e. The van der Waals surface area contributed by atoms with E-state index in [4.69, 9.17) is 4.74 Å². The molecule has 1 N–H and O–H groups in total. The van der Waals surface area contributed by atoms with Crippen LogP contribution in [0.15, 0.2) is 78.0 Å². The molecule has 0 spiro atoms. The van der Waals surface area contributed by atoms with Gasteiger partial charge in [-0.2, -0.15) is 4.99 Å². The zero-order valence-corrected chi connectivity index (χ0v) is 25.4. The van der Waals surface area contributed by atoms with Gasteiger partial charge >= 0.3 is 12.4 Å². The number of hydrogen-bond donors (Lipinski definition) is 1. The Bertz CT molecular complexity index is 1660. The third-order valence-electron chi connectivity index (χ3n) is 6.91. The molecule has 1 aromatic heterocycles. The maximum atomic E-state index is 15.1. The minimum absolute atomic E-state index is 0.225. The zero-order chi connectivity index (χ0) is 32.1. The van der Waals surface area contributed by atoms with Crippen LogP contribution in [-0.2, 0) is 0 Å². The lowest BCUT2D eigenvalue weighted by molar-refractivity contribution is -0.274. The van der Waals surface area contributed by atoms with Gasteiger partial charge in [0.05, 0.1) is 19.3 Å². The monoisotopic (exact) mass is 642 g/mol. The standard InChI is InChI=1S/C31H30F4N6O3S/c1-19(2)25-16-24(43-3)12-13-27(25)40-14-15-45-30(40)38-29(42)36-17-26(32)20-4-6-21(7-5-20)28-37-18-41(39-28)22-8-10-23(11-9-22)44-31(33,34)35/h4-13,16,18-19,26H,14-15,17H2,1-3H3,(H,36,42). The number of amidine groups is 1. The molecule has 45 heavy (non-hydrogen) atoms. The number of alkyl halides is 4. The van der Waals surface area contributed by atoms with Gasteiger partial charge in [0.15, 0.2) is 11.0 Å². The van der Waals surface area contributed by atoms with E-state index in [0.29, 0.717) is 34.4 Å². The van der Waals surface area contributed by atoms with Crippen LogP contribution in [0.25, 0.3) is 17.1 Å². The predicted molar refractivity (Wildman–Crippen MR) is 165 cm³/mol. The lowest BCUT2D eigenvalue weighted by atomic mass is 10.00. The number of carbonyl (C=O) groups is 1. The van der Waals surface area contributed by atoms with Gasteiger partial charge in [-0.15, -0.1) is 18.3 Å². The van der Waals surface area contributed by atoms with Crippen LogP contribution < -0.4 is 19.7 Å². The lowest BCUT2D eigenvalue weighted by Gasteiger charge is -2.23. The molecule has 14 heteroatoms. The quantitative estimate of drug-likeness (QED) is 0.192. The highest BCUT2D eigenvalue weighted by Gasteiger charge is 2.31. The number of benzene rings is 3. The molecule has 1 fully saturated rings. The summed E-state index contributed by atoms with van der Waals surface area (Å²) in [6.45, 7) is 4.60. The van der Waals surface area contributed by atoms with Crippen LogP contribution in [0.1, 0.15) is 37.1 Å². The number of ether oxygens (including phenoxy) is 2. The van der Waals surface area contributed by atoms with Crippen molar-refractivity contribution in [3.8, 4) is 28.6 Å². The van der Waals surface area contributed by atoms with Crippen LogP contribution in [0.2, 0.25) is 0 Å². The number of hydrogen-bond acceptors (Lipinski definition) is 6. The molecule has 2 amide bonds. The Morgan fingerprint density at radius 3 is 2.44 bits per heavy atom. The Hall–Kier alpha value is -4.59. The van der Waals surface area contributed by atoms with Gasteiger partial charge < -0.3 is 19.7 Å². The van der Waals surface area contributed by atoms with Crippen LogP contribution in [0.5, 0.6) is 11.5 Å². The second-order valence-electron chi connectivity index (χ2n) is 10.3. The first-order valence-corrected chi connectivity index (χ1v) is 15.0. The molecule has 4 aromatic rings. The van der Waals surface area contributed by atoms with Crippen molar-refractivity contribution in [3.63, 3.8) is 0 Å². The highest BCUT2D eigenvalue weighted by molar-refractivity contribution is 8.14. The van der Waals surface area contributed by atoms with Crippen LogP contribution in [0, 0.1) is 0 Å². The molecule has 1 aliphatic rings. The van der Waals surface area contributed by atoms with E-state index in [2.05, 4.69) is 39.0 Å². The van der Waals surface area contributed by atoms with Crippen molar-refractivity contribution in [3.05, 3.63) is 84.2 Å². The maximum Gasteiger partial charge on any atom is 0.573 e. The number of urea groups is 1. The first-order valence-electron chi connectivity index (χ1n) is 14.0. The molecule has 1 atom stereocenters. The van der Waals surface area contributed by atoms with E-state index >= 15 is 4.39 Å². The van der Waals surface area contributed by atoms with E-state index in [0.717, 1.165) is 22.8 Å². The number of aromatic nitrogens is 3. The third kappa shape index (κ3) is 7.93. The molecule has 0 radical (unpaired) electrons. The average Bonchev–Trinajstić information content (AvgIpc) is 3.69. The number of methoxy groups -OCH3 is 1. The van der Waals surface area contributed by atoms with Crippen molar-refractivity contribution >= 4 is 28.6 Å². The van der Waals surface area contributed by atoms with Gasteiger partial charge in [0, 0.05) is 23.5 Å². The van der Waals surface area contributed by atoms with E-state index < -0.39 is 18.6 Å². The minimum Gasteiger partial charge on any atom is -0.497 e. The van der Waals surface area contributed by atoms with E-state index in [1.54, 1.807) is 31.4 Å². The van der Waals surface area contributed by atoms with Gasteiger partial charge in [0.2, 0.25) is 0 Å². The van der Waals surface area contributed by atoms with Gasteiger partial charge in [-0.05, 0) is 59.5 Å². The van der Waals surface area contributed by atoms with Crippen LogP contribution >= 0.6 is 11.8 Å². The third-order valence-corrected chi connectivity index (χ3v) is 7.87. The molecule has 5 rings (SSSR count). The number of rotatable bonds is 9.